The lowest BCUT2D eigenvalue weighted by Crippen LogP contribution is -2.29. The minimum absolute atomic E-state index is 0.00474. The topological polar surface area (TPSA) is 59.6 Å². The summed E-state index contributed by atoms with van der Waals surface area (Å²) in [7, 11) is 0. The molecule has 1 aromatic rings. The highest BCUT2D eigenvalue weighted by Gasteiger charge is 2.12. The smallest absolute Gasteiger partial charge is 0.231 e. The fourth-order valence-corrected chi connectivity index (χ4v) is 1.61. The molecule has 17 heavy (non-hydrogen) atoms. The lowest BCUT2D eigenvalue weighted by atomic mass is 10.2. The standard InChI is InChI=1S/C12H16N2O3/c1-9(15)14-5-4-13-7-10-2-3-11-12(6-10)17-8-16-11/h2-3,6,13H,4-5,7-8H2,1H3,(H,14,15). The molecule has 0 bridgehead atoms. The quantitative estimate of drug-likeness (QED) is 0.737. The first kappa shape index (κ1) is 11.7. The van der Waals surface area contributed by atoms with Gasteiger partial charge in [-0.15, -0.1) is 0 Å². The van der Waals surface area contributed by atoms with E-state index in [1.165, 1.54) is 6.92 Å². The molecule has 0 unspecified atom stereocenters. The molecule has 5 heteroatoms. The summed E-state index contributed by atoms with van der Waals surface area (Å²) in [5.74, 6) is 1.59. The molecule has 1 aromatic carbocycles. The Morgan fingerprint density at radius 3 is 2.94 bits per heavy atom. The molecule has 0 radical (unpaired) electrons. The molecule has 0 saturated heterocycles. The number of benzene rings is 1. The summed E-state index contributed by atoms with van der Waals surface area (Å²) in [6.07, 6.45) is 0. The van der Waals surface area contributed by atoms with Gasteiger partial charge in [0.15, 0.2) is 11.5 Å². The number of carbonyl (C=O) groups excluding carboxylic acids is 1. The minimum atomic E-state index is -0.00474. The van der Waals surface area contributed by atoms with Crippen molar-refractivity contribution in [1.29, 1.82) is 0 Å². The van der Waals surface area contributed by atoms with Crippen LogP contribution in [0.2, 0.25) is 0 Å². The van der Waals surface area contributed by atoms with Crippen LogP contribution in [0.5, 0.6) is 11.5 Å². The molecule has 0 fully saturated rings. The third kappa shape index (κ3) is 3.35. The Balaban J connectivity index is 1.74. The van der Waals surface area contributed by atoms with Crippen molar-refractivity contribution in [3.63, 3.8) is 0 Å². The van der Waals surface area contributed by atoms with Crippen molar-refractivity contribution in [2.75, 3.05) is 19.9 Å². The maximum Gasteiger partial charge on any atom is 0.231 e. The van der Waals surface area contributed by atoms with E-state index < -0.39 is 0 Å². The predicted octanol–water partition coefficient (Wildman–Crippen LogP) is 0.641. The zero-order chi connectivity index (χ0) is 12.1. The van der Waals surface area contributed by atoms with Gasteiger partial charge in [-0.3, -0.25) is 4.79 Å². The number of hydrogen-bond acceptors (Lipinski definition) is 4. The van der Waals surface area contributed by atoms with Crippen molar-refractivity contribution in [2.24, 2.45) is 0 Å². The van der Waals surface area contributed by atoms with Crippen LogP contribution in [-0.2, 0) is 11.3 Å². The molecule has 2 N–H and O–H groups in total. The van der Waals surface area contributed by atoms with Gasteiger partial charge in [0.25, 0.3) is 0 Å². The summed E-state index contributed by atoms with van der Waals surface area (Å²) in [6.45, 7) is 3.94. The molecule has 1 aliphatic rings. The van der Waals surface area contributed by atoms with Crippen LogP contribution >= 0.6 is 0 Å². The van der Waals surface area contributed by atoms with E-state index >= 15 is 0 Å². The molecule has 0 aromatic heterocycles. The second kappa shape index (κ2) is 5.54. The highest BCUT2D eigenvalue weighted by atomic mass is 16.7. The van der Waals surface area contributed by atoms with E-state index in [-0.39, 0.29) is 5.91 Å². The molecule has 0 aliphatic carbocycles. The van der Waals surface area contributed by atoms with Crippen LogP contribution in [-0.4, -0.2) is 25.8 Å². The maximum atomic E-state index is 10.6. The fourth-order valence-electron chi connectivity index (χ4n) is 1.61. The summed E-state index contributed by atoms with van der Waals surface area (Å²) in [6, 6.07) is 5.87. The molecule has 2 rings (SSSR count). The first-order valence-electron chi connectivity index (χ1n) is 5.59. The summed E-state index contributed by atoms with van der Waals surface area (Å²) in [4.78, 5) is 10.6. The van der Waals surface area contributed by atoms with Crippen molar-refractivity contribution in [3.05, 3.63) is 23.8 Å². The van der Waals surface area contributed by atoms with Gasteiger partial charge >= 0.3 is 0 Å². The average Bonchev–Trinajstić information content (AvgIpc) is 2.75. The minimum Gasteiger partial charge on any atom is -0.454 e. The lowest BCUT2D eigenvalue weighted by Gasteiger charge is -2.06. The van der Waals surface area contributed by atoms with E-state index in [0.717, 1.165) is 30.2 Å². The van der Waals surface area contributed by atoms with Crippen molar-refractivity contribution in [3.8, 4) is 11.5 Å². The van der Waals surface area contributed by atoms with Gasteiger partial charge in [0, 0.05) is 26.6 Å². The molecule has 0 spiro atoms. The molecule has 1 amide bonds. The van der Waals surface area contributed by atoms with Crippen molar-refractivity contribution in [2.45, 2.75) is 13.5 Å². The van der Waals surface area contributed by atoms with Gasteiger partial charge in [-0.05, 0) is 17.7 Å². The van der Waals surface area contributed by atoms with Gasteiger partial charge in [0.05, 0.1) is 0 Å². The van der Waals surface area contributed by atoms with Gasteiger partial charge in [-0.25, -0.2) is 0 Å². The van der Waals surface area contributed by atoms with Crippen LogP contribution < -0.4 is 20.1 Å². The molecule has 92 valence electrons. The number of fused-ring (bicyclic) bond motifs is 1. The number of amides is 1. The van der Waals surface area contributed by atoms with Gasteiger partial charge in [-0.2, -0.15) is 0 Å². The van der Waals surface area contributed by atoms with E-state index in [0.29, 0.717) is 13.3 Å². The van der Waals surface area contributed by atoms with E-state index in [9.17, 15) is 4.79 Å². The van der Waals surface area contributed by atoms with Crippen molar-refractivity contribution in [1.82, 2.24) is 10.6 Å². The second-order valence-electron chi connectivity index (χ2n) is 3.85. The number of ether oxygens (including phenoxy) is 2. The number of carbonyl (C=O) groups is 1. The summed E-state index contributed by atoms with van der Waals surface area (Å²) in [5, 5.41) is 5.96. The number of rotatable bonds is 5. The van der Waals surface area contributed by atoms with E-state index in [1.54, 1.807) is 0 Å². The van der Waals surface area contributed by atoms with Gasteiger partial charge in [0.1, 0.15) is 0 Å². The van der Waals surface area contributed by atoms with Crippen LogP contribution in [0.4, 0.5) is 0 Å². The van der Waals surface area contributed by atoms with E-state index in [2.05, 4.69) is 10.6 Å². The van der Waals surface area contributed by atoms with Crippen LogP contribution in [0.3, 0.4) is 0 Å². The normalized spacial score (nSPS) is 12.5. The van der Waals surface area contributed by atoms with Gasteiger partial charge < -0.3 is 20.1 Å². The summed E-state index contributed by atoms with van der Waals surface area (Å²) in [5.41, 5.74) is 1.14. The Morgan fingerprint density at radius 2 is 2.12 bits per heavy atom. The SMILES string of the molecule is CC(=O)NCCNCc1ccc2c(c1)OCO2. The lowest BCUT2D eigenvalue weighted by molar-refractivity contribution is -0.118. The van der Waals surface area contributed by atoms with Crippen molar-refractivity contribution >= 4 is 5.91 Å². The monoisotopic (exact) mass is 236 g/mol. The Morgan fingerprint density at radius 1 is 1.29 bits per heavy atom. The third-order valence-electron chi connectivity index (χ3n) is 2.44. The zero-order valence-electron chi connectivity index (χ0n) is 9.79. The third-order valence-corrected chi connectivity index (χ3v) is 2.44. The molecular weight excluding hydrogens is 220 g/mol. The van der Waals surface area contributed by atoms with E-state index in [1.807, 2.05) is 18.2 Å². The van der Waals surface area contributed by atoms with E-state index in [4.69, 9.17) is 9.47 Å². The van der Waals surface area contributed by atoms with Crippen LogP contribution in [0.15, 0.2) is 18.2 Å². The first-order chi connectivity index (χ1) is 8.25. The molecule has 0 saturated carbocycles. The number of nitrogens with one attached hydrogen (secondary N) is 2. The van der Waals surface area contributed by atoms with Gasteiger partial charge in [-0.1, -0.05) is 6.07 Å². The van der Waals surface area contributed by atoms with Crippen LogP contribution in [0, 0.1) is 0 Å². The number of hydrogen-bond donors (Lipinski definition) is 2. The Bertz CT molecular complexity index is 407. The summed E-state index contributed by atoms with van der Waals surface area (Å²) >= 11 is 0. The zero-order valence-corrected chi connectivity index (χ0v) is 9.79. The Hall–Kier alpha value is -1.75. The molecule has 1 aliphatic heterocycles. The van der Waals surface area contributed by atoms with Gasteiger partial charge in [0.2, 0.25) is 12.7 Å². The van der Waals surface area contributed by atoms with Crippen molar-refractivity contribution < 1.29 is 14.3 Å². The molecule has 0 atom stereocenters. The largest absolute Gasteiger partial charge is 0.454 e. The average molecular weight is 236 g/mol. The second-order valence-corrected chi connectivity index (χ2v) is 3.85. The van der Waals surface area contributed by atoms with Crippen LogP contribution in [0.1, 0.15) is 12.5 Å². The highest BCUT2D eigenvalue weighted by molar-refractivity contribution is 5.72. The highest BCUT2D eigenvalue weighted by Crippen LogP contribution is 2.32. The molecular formula is C12H16N2O3. The fraction of sp³-hybridized carbons (Fsp3) is 0.417. The Kier molecular flexibility index (Phi) is 3.82. The van der Waals surface area contributed by atoms with Crippen LogP contribution in [0.25, 0.3) is 0 Å². The predicted molar refractivity (Wildman–Crippen MR) is 63.0 cm³/mol. The summed E-state index contributed by atoms with van der Waals surface area (Å²) < 4.78 is 10.5. The molecule has 1 heterocycles. The Labute approximate surface area is 100 Å². The maximum absolute atomic E-state index is 10.6. The molecule has 5 nitrogen and oxygen atoms in total. The first-order valence-corrected chi connectivity index (χ1v) is 5.59.